The first-order chi connectivity index (χ1) is 10.1. The van der Waals surface area contributed by atoms with Gasteiger partial charge >= 0.3 is 0 Å². The topological polar surface area (TPSA) is 81.1 Å². The summed E-state index contributed by atoms with van der Waals surface area (Å²) in [5, 5.41) is 7.50. The molecule has 0 fully saturated rings. The molecule has 0 atom stereocenters. The lowest BCUT2D eigenvalue weighted by Crippen LogP contribution is -2.30. The molecule has 0 aliphatic carbocycles. The number of pyridine rings is 1. The summed E-state index contributed by atoms with van der Waals surface area (Å²) in [6.07, 6.45) is 0.720. The van der Waals surface area contributed by atoms with Crippen LogP contribution in [-0.2, 0) is 11.3 Å². The zero-order valence-electron chi connectivity index (χ0n) is 12.0. The van der Waals surface area contributed by atoms with E-state index in [1.54, 1.807) is 17.7 Å². The minimum absolute atomic E-state index is 0.208. The Morgan fingerprint density at radius 3 is 2.57 bits per heavy atom. The zero-order chi connectivity index (χ0) is 15.2. The van der Waals surface area contributed by atoms with E-state index in [1.165, 1.54) is 0 Å². The molecule has 0 aliphatic rings. The van der Waals surface area contributed by atoms with Crippen LogP contribution in [0.2, 0.25) is 0 Å². The Hall–Kier alpha value is -2.40. The fourth-order valence-corrected chi connectivity index (χ4v) is 2.23. The van der Waals surface area contributed by atoms with Gasteiger partial charge in [0.05, 0.1) is 11.3 Å². The fraction of sp³-hybridized carbons (Fsp3) is 0.250. The number of benzene rings is 1. The highest BCUT2D eigenvalue weighted by molar-refractivity contribution is 5.94. The number of nitrogens with one attached hydrogen (secondary N) is 1. The molecule has 1 heterocycles. The lowest BCUT2D eigenvalue weighted by atomic mass is 10.1. The molecule has 2 rings (SSSR count). The van der Waals surface area contributed by atoms with Crippen LogP contribution in [0.15, 0.2) is 47.3 Å². The number of nitrogen functional groups attached to an aromatic ring is 1. The number of amidine groups is 1. The summed E-state index contributed by atoms with van der Waals surface area (Å²) in [6, 6.07) is 13.1. The molecule has 3 N–H and O–H groups in total. The van der Waals surface area contributed by atoms with Gasteiger partial charge in [-0.3, -0.25) is 10.2 Å². The van der Waals surface area contributed by atoms with Crippen molar-refractivity contribution in [3.63, 3.8) is 0 Å². The van der Waals surface area contributed by atoms with Gasteiger partial charge in [0.25, 0.3) is 5.56 Å². The molecule has 2 aromatic rings. The third kappa shape index (κ3) is 3.38. The maximum Gasteiger partial charge on any atom is 0.262 e. The summed E-state index contributed by atoms with van der Waals surface area (Å²) in [5.41, 5.74) is 7.25. The molecule has 1 aromatic heterocycles. The minimum Gasteiger partial charge on any atom is -0.385 e. The van der Waals surface area contributed by atoms with Gasteiger partial charge in [0.1, 0.15) is 5.84 Å². The van der Waals surface area contributed by atoms with E-state index >= 15 is 0 Å². The highest BCUT2D eigenvalue weighted by Gasteiger charge is 2.11. The number of methoxy groups -OCH3 is 1. The maximum atomic E-state index is 12.5. The molecule has 0 unspecified atom stereocenters. The van der Waals surface area contributed by atoms with Crippen LogP contribution in [0.4, 0.5) is 0 Å². The molecule has 0 spiro atoms. The molecule has 0 aliphatic heterocycles. The predicted molar refractivity (Wildman–Crippen MR) is 83.6 cm³/mol. The van der Waals surface area contributed by atoms with Gasteiger partial charge in [0.2, 0.25) is 0 Å². The number of rotatable bonds is 6. The van der Waals surface area contributed by atoms with E-state index in [4.69, 9.17) is 15.9 Å². The van der Waals surface area contributed by atoms with Crippen LogP contribution in [0.3, 0.4) is 0 Å². The quantitative estimate of drug-likeness (QED) is 0.482. The second-order valence-electron chi connectivity index (χ2n) is 4.72. The monoisotopic (exact) mass is 285 g/mol. The Balaban J connectivity index is 2.51. The van der Waals surface area contributed by atoms with Crippen LogP contribution in [0.5, 0.6) is 0 Å². The molecule has 0 saturated carbocycles. The van der Waals surface area contributed by atoms with Crippen LogP contribution in [-0.4, -0.2) is 24.1 Å². The summed E-state index contributed by atoms with van der Waals surface area (Å²) in [4.78, 5) is 12.5. The normalized spacial score (nSPS) is 10.5. The molecule has 0 radical (unpaired) electrons. The van der Waals surface area contributed by atoms with Crippen molar-refractivity contribution in [3.05, 3.63) is 58.4 Å². The van der Waals surface area contributed by atoms with Crippen molar-refractivity contribution in [1.29, 1.82) is 5.41 Å². The van der Waals surface area contributed by atoms with Crippen molar-refractivity contribution in [1.82, 2.24) is 4.57 Å². The number of aromatic nitrogens is 1. The molecule has 21 heavy (non-hydrogen) atoms. The first-order valence-electron chi connectivity index (χ1n) is 6.77. The van der Waals surface area contributed by atoms with Crippen molar-refractivity contribution in [2.24, 2.45) is 5.73 Å². The number of hydrogen-bond donors (Lipinski definition) is 2. The van der Waals surface area contributed by atoms with Gasteiger partial charge in [0, 0.05) is 20.3 Å². The second-order valence-corrected chi connectivity index (χ2v) is 4.72. The van der Waals surface area contributed by atoms with E-state index < -0.39 is 0 Å². The van der Waals surface area contributed by atoms with Gasteiger partial charge in [-0.25, -0.2) is 0 Å². The average Bonchev–Trinajstić information content (AvgIpc) is 2.49. The molecule has 0 amide bonds. The molecular formula is C16H19N3O2. The van der Waals surface area contributed by atoms with Gasteiger partial charge < -0.3 is 15.0 Å². The highest BCUT2D eigenvalue weighted by atomic mass is 16.5. The lowest BCUT2D eigenvalue weighted by molar-refractivity contribution is 0.190. The Bertz CT molecular complexity index is 678. The van der Waals surface area contributed by atoms with Crippen molar-refractivity contribution < 1.29 is 4.74 Å². The van der Waals surface area contributed by atoms with Crippen molar-refractivity contribution in [3.8, 4) is 11.3 Å². The van der Waals surface area contributed by atoms with Gasteiger partial charge in [-0.15, -0.1) is 0 Å². The van der Waals surface area contributed by atoms with Crippen LogP contribution in [0, 0.1) is 5.41 Å². The second kappa shape index (κ2) is 6.85. The van der Waals surface area contributed by atoms with Crippen molar-refractivity contribution in [2.45, 2.75) is 13.0 Å². The Kier molecular flexibility index (Phi) is 4.90. The standard InChI is InChI=1S/C16H19N3O2/c1-21-11-5-10-19-14(12-6-3-2-4-7-12)9-8-13(15(17)18)16(19)20/h2-4,6-9H,5,10-11H2,1H3,(H3,17,18). The number of hydrogen-bond acceptors (Lipinski definition) is 3. The van der Waals surface area contributed by atoms with Gasteiger partial charge in [-0.1, -0.05) is 30.3 Å². The lowest BCUT2D eigenvalue weighted by Gasteiger charge is -2.14. The molecular weight excluding hydrogens is 266 g/mol. The SMILES string of the molecule is COCCCn1c(-c2ccccc2)ccc(C(=N)N)c1=O. The minimum atomic E-state index is -0.236. The average molecular weight is 285 g/mol. The molecule has 1 aromatic carbocycles. The van der Waals surface area contributed by atoms with Crippen LogP contribution in [0.25, 0.3) is 11.3 Å². The van der Waals surface area contributed by atoms with E-state index in [-0.39, 0.29) is 17.0 Å². The van der Waals surface area contributed by atoms with Crippen LogP contribution < -0.4 is 11.3 Å². The summed E-state index contributed by atoms with van der Waals surface area (Å²) < 4.78 is 6.70. The van der Waals surface area contributed by atoms with Crippen molar-refractivity contribution in [2.75, 3.05) is 13.7 Å². The highest BCUT2D eigenvalue weighted by Crippen LogP contribution is 2.18. The largest absolute Gasteiger partial charge is 0.385 e. The first kappa shape index (κ1) is 15.0. The van der Waals surface area contributed by atoms with Gasteiger partial charge in [0.15, 0.2) is 0 Å². The van der Waals surface area contributed by atoms with Crippen LogP contribution >= 0.6 is 0 Å². The van der Waals surface area contributed by atoms with E-state index in [0.717, 1.165) is 17.7 Å². The predicted octanol–water partition coefficient (Wildman–Crippen LogP) is 1.84. The van der Waals surface area contributed by atoms with Gasteiger partial charge in [-0.2, -0.15) is 0 Å². The third-order valence-electron chi connectivity index (χ3n) is 3.26. The van der Waals surface area contributed by atoms with E-state index in [1.807, 2.05) is 36.4 Å². The summed E-state index contributed by atoms with van der Waals surface area (Å²) in [6.45, 7) is 1.10. The van der Waals surface area contributed by atoms with E-state index in [2.05, 4.69) is 0 Å². The Labute approximate surface area is 123 Å². The maximum absolute atomic E-state index is 12.5. The molecule has 0 bridgehead atoms. The summed E-state index contributed by atoms with van der Waals surface area (Å²) in [5.74, 6) is -0.208. The molecule has 5 heteroatoms. The number of nitrogens with two attached hydrogens (primary N) is 1. The summed E-state index contributed by atoms with van der Waals surface area (Å²) in [7, 11) is 1.63. The van der Waals surface area contributed by atoms with Crippen LogP contribution in [0.1, 0.15) is 12.0 Å². The van der Waals surface area contributed by atoms with E-state index in [0.29, 0.717) is 13.2 Å². The fourth-order valence-electron chi connectivity index (χ4n) is 2.23. The number of ether oxygens (including phenoxy) is 1. The van der Waals surface area contributed by atoms with E-state index in [9.17, 15) is 4.79 Å². The summed E-state index contributed by atoms with van der Waals surface area (Å²) >= 11 is 0. The Morgan fingerprint density at radius 2 is 1.95 bits per heavy atom. The van der Waals surface area contributed by atoms with Gasteiger partial charge in [-0.05, 0) is 24.1 Å². The first-order valence-corrected chi connectivity index (χ1v) is 6.77. The number of nitrogens with zero attached hydrogens (tertiary/aromatic N) is 1. The molecule has 0 saturated heterocycles. The molecule has 110 valence electrons. The smallest absolute Gasteiger partial charge is 0.262 e. The zero-order valence-corrected chi connectivity index (χ0v) is 12.0. The van der Waals surface area contributed by atoms with Crippen molar-refractivity contribution >= 4 is 5.84 Å². The molecule has 5 nitrogen and oxygen atoms in total. The third-order valence-corrected chi connectivity index (χ3v) is 3.26. The Morgan fingerprint density at radius 1 is 1.24 bits per heavy atom.